The average molecular weight is 285 g/mol. The SMILES string of the molecule is O=S(=O)(Nc1cc(F)ccc1F)c1ccc(O)cc1. The molecule has 0 aliphatic rings. The first-order valence-corrected chi connectivity index (χ1v) is 6.64. The molecule has 0 fully saturated rings. The number of hydrogen-bond donors (Lipinski definition) is 2. The molecule has 0 aliphatic carbocycles. The van der Waals surface area contributed by atoms with Gasteiger partial charge in [0.2, 0.25) is 0 Å². The van der Waals surface area contributed by atoms with Crippen LogP contribution in [0.25, 0.3) is 0 Å². The predicted octanol–water partition coefficient (Wildman–Crippen LogP) is 2.47. The summed E-state index contributed by atoms with van der Waals surface area (Å²) in [4.78, 5) is -0.172. The molecule has 0 saturated heterocycles. The number of benzene rings is 2. The van der Waals surface area contributed by atoms with Gasteiger partial charge in [-0.25, -0.2) is 17.2 Å². The molecule has 7 heteroatoms. The molecule has 2 aromatic rings. The van der Waals surface area contributed by atoms with Crippen LogP contribution in [0.4, 0.5) is 14.5 Å². The molecule has 4 nitrogen and oxygen atoms in total. The number of aromatic hydroxyl groups is 1. The summed E-state index contributed by atoms with van der Waals surface area (Å²) in [6, 6.07) is 7.10. The summed E-state index contributed by atoms with van der Waals surface area (Å²) >= 11 is 0. The highest BCUT2D eigenvalue weighted by atomic mass is 32.2. The Labute approximate surface area is 108 Å². The summed E-state index contributed by atoms with van der Waals surface area (Å²) in [5.74, 6) is -1.75. The number of phenolic OH excluding ortho intramolecular Hbond substituents is 1. The summed E-state index contributed by atoms with van der Waals surface area (Å²) in [7, 11) is -4.04. The minimum Gasteiger partial charge on any atom is -0.508 e. The van der Waals surface area contributed by atoms with Gasteiger partial charge in [0, 0.05) is 6.07 Å². The van der Waals surface area contributed by atoms with Crippen LogP contribution in [-0.2, 0) is 10.0 Å². The molecule has 0 unspecified atom stereocenters. The normalized spacial score (nSPS) is 11.3. The lowest BCUT2D eigenvalue weighted by Gasteiger charge is -2.09. The zero-order chi connectivity index (χ0) is 14.0. The molecule has 0 aliphatic heterocycles. The molecule has 0 radical (unpaired) electrons. The molecule has 2 rings (SSSR count). The van der Waals surface area contributed by atoms with E-state index in [2.05, 4.69) is 0 Å². The van der Waals surface area contributed by atoms with Crippen molar-refractivity contribution in [2.75, 3.05) is 4.72 Å². The van der Waals surface area contributed by atoms with Gasteiger partial charge in [0.1, 0.15) is 17.4 Å². The number of phenols is 1. The molecular weight excluding hydrogens is 276 g/mol. The minimum absolute atomic E-state index is 0.101. The molecule has 2 aromatic carbocycles. The van der Waals surface area contributed by atoms with Crippen molar-refractivity contribution in [3.63, 3.8) is 0 Å². The van der Waals surface area contributed by atoms with Crippen LogP contribution >= 0.6 is 0 Å². The Kier molecular flexibility index (Phi) is 3.39. The maximum atomic E-state index is 13.3. The van der Waals surface area contributed by atoms with Crippen LogP contribution in [0.2, 0.25) is 0 Å². The smallest absolute Gasteiger partial charge is 0.261 e. The molecule has 0 saturated carbocycles. The van der Waals surface area contributed by atoms with Gasteiger partial charge < -0.3 is 5.11 Å². The van der Waals surface area contributed by atoms with Crippen molar-refractivity contribution in [3.8, 4) is 5.75 Å². The van der Waals surface area contributed by atoms with Gasteiger partial charge in [0.15, 0.2) is 0 Å². The lowest BCUT2D eigenvalue weighted by molar-refractivity contribution is 0.475. The van der Waals surface area contributed by atoms with Crippen molar-refractivity contribution in [1.82, 2.24) is 0 Å². The second-order valence-electron chi connectivity index (χ2n) is 3.72. The first-order valence-electron chi connectivity index (χ1n) is 5.15. The lowest BCUT2D eigenvalue weighted by Crippen LogP contribution is -2.14. The van der Waals surface area contributed by atoms with Crippen molar-refractivity contribution >= 4 is 15.7 Å². The second-order valence-corrected chi connectivity index (χ2v) is 5.41. The molecule has 0 amide bonds. The summed E-state index contributed by atoms with van der Waals surface area (Å²) in [6.45, 7) is 0. The highest BCUT2D eigenvalue weighted by Gasteiger charge is 2.16. The topological polar surface area (TPSA) is 66.4 Å². The average Bonchev–Trinajstić information content (AvgIpc) is 2.34. The Balaban J connectivity index is 2.36. The van der Waals surface area contributed by atoms with E-state index < -0.39 is 27.3 Å². The molecule has 0 spiro atoms. The number of rotatable bonds is 3. The highest BCUT2D eigenvalue weighted by molar-refractivity contribution is 7.92. The van der Waals surface area contributed by atoms with Crippen molar-refractivity contribution in [2.45, 2.75) is 4.90 Å². The van der Waals surface area contributed by atoms with Gasteiger partial charge in [0.05, 0.1) is 10.6 Å². The molecular formula is C12H9F2NO3S. The van der Waals surface area contributed by atoms with Gasteiger partial charge in [-0.05, 0) is 36.4 Å². The first kappa shape index (κ1) is 13.3. The Bertz CT molecular complexity index is 699. The molecule has 19 heavy (non-hydrogen) atoms. The van der Waals surface area contributed by atoms with Crippen molar-refractivity contribution in [1.29, 1.82) is 0 Å². The van der Waals surface area contributed by atoms with Crippen LogP contribution in [0, 0.1) is 11.6 Å². The standard InChI is InChI=1S/C12H9F2NO3S/c13-8-1-6-11(14)12(7-8)15-19(17,18)10-4-2-9(16)3-5-10/h1-7,15-16H. The highest BCUT2D eigenvalue weighted by Crippen LogP contribution is 2.21. The van der Waals surface area contributed by atoms with Crippen LogP contribution in [0.3, 0.4) is 0 Å². The third-order valence-electron chi connectivity index (χ3n) is 2.32. The quantitative estimate of drug-likeness (QED) is 0.910. The van der Waals surface area contributed by atoms with E-state index >= 15 is 0 Å². The first-order chi connectivity index (χ1) is 8.88. The number of halogens is 2. The molecule has 0 heterocycles. The van der Waals surface area contributed by atoms with Crippen molar-refractivity contribution < 1.29 is 22.3 Å². The van der Waals surface area contributed by atoms with Gasteiger partial charge in [0.25, 0.3) is 10.0 Å². The molecule has 0 bridgehead atoms. The largest absolute Gasteiger partial charge is 0.508 e. The number of sulfonamides is 1. The summed E-state index contributed by atoms with van der Waals surface area (Å²) in [5, 5.41) is 9.07. The molecule has 0 atom stereocenters. The number of anilines is 1. The van der Waals surface area contributed by atoms with Crippen LogP contribution in [-0.4, -0.2) is 13.5 Å². The number of nitrogens with one attached hydrogen (secondary N) is 1. The van der Waals surface area contributed by atoms with Crippen molar-refractivity contribution in [2.24, 2.45) is 0 Å². The van der Waals surface area contributed by atoms with Gasteiger partial charge in [-0.3, -0.25) is 4.72 Å². The van der Waals surface area contributed by atoms with E-state index in [1.807, 2.05) is 4.72 Å². The second kappa shape index (κ2) is 4.85. The number of hydrogen-bond acceptors (Lipinski definition) is 3. The predicted molar refractivity (Wildman–Crippen MR) is 65.3 cm³/mol. The van der Waals surface area contributed by atoms with E-state index in [4.69, 9.17) is 5.11 Å². The fraction of sp³-hybridized carbons (Fsp3) is 0. The third-order valence-corrected chi connectivity index (χ3v) is 3.70. The van der Waals surface area contributed by atoms with Gasteiger partial charge in [-0.15, -0.1) is 0 Å². The van der Waals surface area contributed by atoms with Crippen LogP contribution in [0.15, 0.2) is 47.4 Å². The van der Waals surface area contributed by atoms with E-state index in [9.17, 15) is 17.2 Å². The Morgan fingerprint density at radius 2 is 1.63 bits per heavy atom. The van der Waals surface area contributed by atoms with Gasteiger partial charge in [-0.1, -0.05) is 0 Å². The summed E-state index contributed by atoms with van der Waals surface area (Å²) in [6.07, 6.45) is 0. The Morgan fingerprint density at radius 3 is 2.26 bits per heavy atom. The van der Waals surface area contributed by atoms with E-state index in [1.165, 1.54) is 12.1 Å². The van der Waals surface area contributed by atoms with Gasteiger partial charge >= 0.3 is 0 Å². The minimum atomic E-state index is -4.04. The Hall–Kier alpha value is -2.15. The van der Waals surface area contributed by atoms with Gasteiger partial charge in [-0.2, -0.15) is 0 Å². The third kappa shape index (κ3) is 3.00. The summed E-state index contributed by atoms with van der Waals surface area (Å²) in [5.41, 5.74) is -0.479. The van der Waals surface area contributed by atoms with Crippen LogP contribution in [0.5, 0.6) is 5.75 Å². The molecule has 2 N–H and O–H groups in total. The maximum absolute atomic E-state index is 13.3. The van der Waals surface area contributed by atoms with Crippen LogP contribution in [0.1, 0.15) is 0 Å². The van der Waals surface area contributed by atoms with E-state index in [-0.39, 0.29) is 10.6 Å². The molecule has 100 valence electrons. The monoisotopic (exact) mass is 285 g/mol. The zero-order valence-corrected chi connectivity index (χ0v) is 10.3. The summed E-state index contributed by atoms with van der Waals surface area (Å²) < 4.78 is 52.0. The maximum Gasteiger partial charge on any atom is 0.261 e. The molecule has 0 aromatic heterocycles. The van der Waals surface area contributed by atoms with Crippen LogP contribution < -0.4 is 4.72 Å². The Morgan fingerprint density at radius 1 is 1.00 bits per heavy atom. The van der Waals surface area contributed by atoms with E-state index in [0.717, 1.165) is 30.3 Å². The fourth-order valence-electron chi connectivity index (χ4n) is 1.40. The fourth-order valence-corrected chi connectivity index (χ4v) is 2.46. The zero-order valence-electron chi connectivity index (χ0n) is 9.47. The van der Waals surface area contributed by atoms with Crippen molar-refractivity contribution in [3.05, 3.63) is 54.1 Å². The van der Waals surface area contributed by atoms with E-state index in [0.29, 0.717) is 0 Å². The van der Waals surface area contributed by atoms with E-state index in [1.54, 1.807) is 0 Å². The lowest BCUT2D eigenvalue weighted by atomic mass is 10.3.